The Balaban J connectivity index is 2.44. The zero-order chi connectivity index (χ0) is 14.7. The number of aliphatic hydroxyl groups is 1. The summed E-state index contributed by atoms with van der Waals surface area (Å²) < 4.78 is 10.8. The molecule has 0 fully saturated rings. The predicted octanol–water partition coefficient (Wildman–Crippen LogP) is 2.99. The predicted molar refractivity (Wildman–Crippen MR) is 78.3 cm³/mol. The van der Waals surface area contributed by atoms with Crippen molar-refractivity contribution >= 4 is 27.5 Å². The van der Waals surface area contributed by atoms with E-state index in [-0.39, 0.29) is 5.88 Å². The monoisotopic (exact) mass is 358 g/mol. The van der Waals surface area contributed by atoms with Gasteiger partial charge in [-0.15, -0.1) is 0 Å². The second-order valence-corrected chi connectivity index (χ2v) is 5.17. The third-order valence-electron chi connectivity index (χ3n) is 2.66. The normalized spacial score (nSPS) is 12.1. The molecule has 7 heteroatoms. The van der Waals surface area contributed by atoms with E-state index in [9.17, 15) is 5.11 Å². The molecule has 2 rings (SSSR count). The molecule has 0 saturated carbocycles. The Morgan fingerprint density at radius 1 is 1.30 bits per heavy atom. The lowest BCUT2D eigenvalue weighted by Gasteiger charge is -2.15. The fourth-order valence-electron chi connectivity index (χ4n) is 1.67. The van der Waals surface area contributed by atoms with Crippen LogP contribution in [0, 0.1) is 0 Å². The summed E-state index contributed by atoms with van der Waals surface area (Å²) in [6.07, 6.45) is 0.431. The summed E-state index contributed by atoms with van der Waals surface area (Å²) >= 11 is 9.25. The van der Waals surface area contributed by atoms with Crippen LogP contribution in [0.2, 0.25) is 5.02 Å². The maximum Gasteiger partial charge on any atom is 0.241 e. The summed E-state index contributed by atoms with van der Waals surface area (Å²) in [5.41, 5.74) is 0.920. The molecule has 0 bridgehead atoms. The largest absolute Gasteiger partial charge is 0.480 e. The standard InChI is InChI=1S/C13H12BrClN2O3/c1-19-10-6-16-11(13(17-10)20-2)12(18)8-4-3-7(15)5-9(8)14/h3-6,12,18H,1-2H3. The van der Waals surface area contributed by atoms with Crippen molar-refractivity contribution in [3.63, 3.8) is 0 Å². The lowest BCUT2D eigenvalue weighted by Crippen LogP contribution is -2.08. The Kier molecular flexibility index (Phi) is 4.80. The molecule has 1 N–H and O–H groups in total. The van der Waals surface area contributed by atoms with E-state index in [1.165, 1.54) is 20.4 Å². The van der Waals surface area contributed by atoms with Gasteiger partial charge in [0.25, 0.3) is 0 Å². The lowest BCUT2D eigenvalue weighted by molar-refractivity contribution is 0.206. The average Bonchev–Trinajstić information content (AvgIpc) is 2.46. The van der Waals surface area contributed by atoms with Gasteiger partial charge < -0.3 is 14.6 Å². The zero-order valence-corrected chi connectivity index (χ0v) is 13.1. The molecule has 1 atom stereocenters. The molecule has 5 nitrogen and oxygen atoms in total. The van der Waals surface area contributed by atoms with Crippen molar-refractivity contribution in [2.24, 2.45) is 0 Å². The summed E-state index contributed by atoms with van der Waals surface area (Å²) in [7, 11) is 2.94. The van der Waals surface area contributed by atoms with Crippen LogP contribution >= 0.6 is 27.5 Å². The molecule has 1 aromatic heterocycles. The Morgan fingerprint density at radius 3 is 2.65 bits per heavy atom. The van der Waals surface area contributed by atoms with E-state index in [0.29, 0.717) is 26.6 Å². The second-order valence-electron chi connectivity index (χ2n) is 3.88. The number of aromatic nitrogens is 2. The van der Waals surface area contributed by atoms with Crippen LogP contribution in [0.25, 0.3) is 0 Å². The first-order chi connectivity index (χ1) is 9.56. The highest BCUT2D eigenvalue weighted by Gasteiger charge is 2.21. The molecule has 0 aliphatic heterocycles. The number of nitrogens with zero attached hydrogens (tertiary/aromatic N) is 2. The molecule has 0 spiro atoms. The van der Waals surface area contributed by atoms with Crippen molar-refractivity contribution in [3.8, 4) is 11.8 Å². The Hall–Kier alpha value is -1.37. The number of aliphatic hydroxyl groups excluding tert-OH is 1. The Bertz CT molecular complexity index is 625. The highest BCUT2D eigenvalue weighted by Crippen LogP contribution is 2.33. The van der Waals surface area contributed by atoms with E-state index < -0.39 is 6.10 Å². The summed E-state index contributed by atoms with van der Waals surface area (Å²) in [5, 5.41) is 11.0. The van der Waals surface area contributed by atoms with E-state index in [1.807, 2.05) is 0 Å². The van der Waals surface area contributed by atoms with Crippen LogP contribution in [0.4, 0.5) is 0 Å². The van der Waals surface area contributed by atoms with Gasteiger partial charge in [0.2, 0.25) is 11.8 Å². The van der Waals surface area contributed by atoms with Crippen LogP contribution < -0.4 is 9.47 Å². The van der Waals surface area contributed by atoms with Gasteiger partial charge in [-0.3, -0.25) is 0 Å². The van der Waals surface area contributed by atoms with Crippen molar-refractivity contribution in [2.45, 2.75) is 6.10 Å². The van der Waals surface area contributed by atoms with Gasteiger partial charge in [-0.2, -0.15) is 4.98 Å². The van der Waals surface area contributed by atoms with Crippen molar-refractivity contribution in [2.75, 3.05) is 14.2 Å². The molecular weight excluding hydrogens is 348 g/mol. The number of hydrogen-bond donors (Lipinski definition) is 1. The minimum absolute atomic E-state index is 0.207. The molecule has 0 radical (unpaired) electrons. The fraction of sp³-hybridized carbons (Fsp3) is 0.231. The Labute approximate surface area is 129 Å². The molecule has 0 saturated heterocycles. The first kappa shape index (κ1) is 15.0. The minimum Gasteiger partial charge on any atom is -0.480 e. The maximum atomic E-state index is 10.4. The number of hydrogen-bond acceptors (Lipinski definition) is 5. The van der Waals surface area contributed by atoms with Crippen LogP contribution in [-0.4, -0.2) is 29.3 Å². The molecule has 1 heterocycles. The molecule has 1 aromatic carbocycles. The quantitative estimate of drug-likeness (QED) is 0.909. The van der Waals surface area contributed by atoms with Gasteiger partial charge in [-0.1, -0.05) is 33.6 Å². The van der Waals surface area contributed by atoms with Gasteiger partial charge in [0.05, 0.1) is 20.4 Å². The van der Waals surface area contributed by atoms with Crippen LogP contribution in [0.15, 0.2) is 28.9 Å². The number of halogens is 2. The third kappa shape index (κ3) is 3.03. The van der Waals surface area contributed by atoms with Crippen molar-refractivity contribution in [1.29, 1.82) is 0 Å². The molecule has 0 aliphatic carbocycles. The fourth-order valence-corrected chi connectivity index (χ4v) is 2.57. The SMILES string of the molecule is COc1cnc(C(O)c2ccc(Cl)cc2Br)c(OC)n1. The van der Waals surface area contributed by atoms with Crippen molar-refractivity contribution in [1.82, 2.24) is 9.97 Å². The number of ether oxygens (including phenoxy) is 2. The van der Waals surface area contributed by atoms with Crippen LogP contribution in [0.1, 0.15) is 17.4 Å². The number of benzene rings is 1. The van der Waals surface area contributed by atoms with Crippen molar-refractivity contribution in [3.05, 3.63) is 45.1 Å². The molecule has 1 unspecified atom stereocenters. The molecule has 106 valence electrons. The molecule has 20 heavy (non-hydrogen) atoms. The van der Waals surface area contributed by atoms with Crippen LogP contribution in [0.5, 0.6) is 11.8 Å². The van der Waals surface area contributed by atoms with Crippen LogP contribution in [0.3, 0.4) is 0 Å². The van der Waals surface area contributed by atoms with E-state index in [0.717, 1.165) is 0 Å². The van der Waals surface area contributed by atoms with Gasteiger partial charge in [0.15, 0.2) is 0 Å². The smallest absolute Gasteiger partial charge is 0.241 e. The zero-order valence-electron chi connectivity index (χ0n) is 10.8. The number of rotatable bonds is 4. The average molecular weight is 360 g/mol. The van der Waals surface area contributed by atoms with Gasteiger partial charge >= 0.3 is 0 Å². The van der Waals surface area contributed by atoms with Gasteiger partial charge in [-0.25, -0.2) is 4.98 Å². The van der Waals surface area contributed by atoms with E-state index >= 15 is 0 Å². The molecule has 0 amide bonds. The summed E-state index contributed by atoms with van der Waals surface area (Å²) in [4.78, 5) is 8.24. The van der Waals surface area contributed by atoms with E-state index in [2.05, 4.69) is 25.9 Å². The highest BCUT2D eigenvalue weighted by atomic mass is 79.9. The summed E-state index contributed by atoms with van der Waals surface area (Å²) in [6.45, 7) is 0. The van der Waals surface area contributed by atoms with Gasteiger partial charge in [-0.05, 0) is 12.1 Å². The summed E-state index contributed by atoms with van der Waals surface area (Å²) in [6, 6.07) is 5.10. The van der Waals surface area contributed by atoms with Crippen LogP contribution in [-0.2, 0) is 0 Å². The van der Waals surface area contributed by atoms with E-state index in [1.54, 1.807) is 18.2 Å². The third-order valence-corrected chi connectivity index (χ3v) is 3.59. The van der Waals surface area contributed by atoms with Gasteiger partial charge in [0.1, 0.15) is 11.8 Å². The van der Waals surface area contributed by atoms with E-state index in [4.69, 9.17) is 21.1 Å². The topological polar surface area (TPSA) is 64.5 Å². The summed E-state index contributed by atoms with van der Waals surface area (Å²) in [5.74, 6) is 0.520. The first-order valence-corrected chi connectivity index (χ1v) is 6.81. The molecule has 2 aromatic rings. The maximum absolute atomic E-state index is 10.4. The Morgan fingerprint density at radius 2 is 2.05 bits per heavy atom. The van der Waals surface area contributed by atoms with Crippen molar-refractivity contribution < 1.29 is 14.6 Å². The second kappa shape index (κ2) is 6.39. The lowest BCUT2D eigenvalue weighted by atomic mass is 10.1. The number of methoxy groups -OCH3 is 2. The van der Waals surface area contributed by atoms with Gasteiger partial charge in [0, 0.05) is 15.1 Å². The molecule has 0 aliphatic rings. The minimum atomic E-state index is -0.991. The first-order valence-electron chi connectivity index (χ1n) is 5.64. The molecular formula is C13H12BrClN2O3. The highest BCUT2D eigenvalue weighted by molar-refractivity contribution is 9.10.